The fourth-order valence-electron chi connectivity index (χ4n) is 1.08. The first-order valence-electron chi connectivity index (χ1n) is 4.67. The van der Waals surface area contributed by atoms with Gasteiger partial charge in [-0.25, -0.2) is 5.06 Å². The van der Waals surface area contributed by atoms with E-state index < -0.39 is 11.9 Å². The van der Waals surface area contributed by atoms with E-state index in [1.165, 1.54) is 20.2 Å². The summed E-state index contributed by atoms with van der Waals surface area (Å²) in [5.74, 6) is -0.367. The number of likely N-dealkylation sites (N-methyl/N-ethyl adjacent to an activating group) is 1. The van der Waals surface area contributed by atoms with Gasteiger partial charge in [0.25, 0.3) is 0 Å². The molecule has 0 aromatic carbocycles. The summed E-state index contributed by atoms with van der Waals surface area (Å²) in [5, 5.41) is 0.998. The molecule has 17 heavy (non-hydrogen) atoms. The van der Waals surface area contributed by atoms with Gasteiger partial charge in [-0.3, -0.25) is 14.6 Å². The fourth-order valence-corrected chi connectivity index (χ4v) is 1.08. The molecule has 0 unspecified atom stereocenters. The van der Waals surface area contributed by atoms with Crippen LogP contribution in [0, 0.1) is 0 Å². The van der Waals surface area contributed by atoms with Gasteiger partial charge in [0.05, 0.1) is 13.5 Å². The lowest BCUT2D eigenvalue weighted by Gasteiger charge is -2.13. The van der Waals surface area contributed by atoms with Crippen LogP contribution >= 0.6 is 0 Å². The van der Waals surface area contributed by atoms with Crippen molar-refractivity contribution >= 4 is 5.91 Å². The van der Waals surface area contributed by atoms with Crippen LogP contribution in [0.3, 0.4) is 0 Å². The summed E-state index contributed by atoms with van der Waals surface area (Å²) in [6.45, 7) is 0. The molecule has 1 aromatic rings. The summed E-state index contributed by atoms with van der Waals surface area (Å²) in [6, 6.07) is 2.06. The number of amides is 1. The van der Waals surface area contributed by atoms with Gasteiger partial charge < -0.3 is 0 Å². The molecular weight excluding hydrogens is 237 g/mol. The number of carbonyl (C=O) groups is 1. The Labute approximate surface area is 96.0 Å². The van der Waals surface area contributed by atoms with Crippen LogP contribution in [0.4, 0.5) is 13.2 Å². The normalized spacial score (nSPS) is 11.4. The monoisotopic (exact) mass is 248 g/mol. The molecular formula is C10H11F3N2O2. The molecule has 0 radical (unpaired) electrons. The van der Waals surface area contributed by atoms with Crippen molar-refractivity contribution in [1.82, 2.24) is 10.0 Å². The van der Waals surface area contributed by atoms with Gasteiger partial charge >= 0.3 is 6.18 Å². The summed E-state index contributed by atoms with van der Waals surface area (Å²) in [7, 11) is 2.74. The predicted octanol–water partition coefficient (Wildman–Crippen LogP) is 1.66. The Bertz CT molecular complexity index is 390. The van der Waals surface area contributed by atoms with Crippen LogP contribution in [0.1, 0.15) is 11.3 Å². The first-order chi connectivity index (χ1) is 7.84. The van der Waals surface area contributed by atoms with Gasteiger partial charge in [0.2, 0.25) is 5.91 Å². The highest BCUT2D eigenvalue weighted by Gasteiger charge is 2.32. The van der Waals surface area contributed by atoms with E-state index in [1.54, 1.807) is 0 Å². The van der Waals surface area contributed by atoms with E-state index in [-0.39, 0.29) is 12.3 Å². The third-order valence-electron chi connectivity index (χ3n) is 2.10. The summed E-state index contributed by atoms with van der Waals surface area (Å²) >= 11 is 0. The first-order valence-corrected chi connectivity index (χ1v) is 4.67. The predicted molar refractivity (Wildman–Crippen MR) is 52.7 cm³/mol. The summed E-state index contributed by atoms with van der Waals surface area (Å²) in [5.41, 5.74) is -0.583. The topological polar surface area (TPSA) is 42.4 Å². The van der Waals surface area contributed by atoms with Crippen molar-refractivity contribution in [3.05, 3.63) is 29.6 Å². The maximum atomic E-state index is 12.2. The summed E-state index contributed by atoms with van der Waals surface area (Å²) in [4.78, 5) is 19.3. The van der Waals surface area contributed by atoms with E-state index in [1.807, 2.05) is 0 Å². The number of aromatic nitrogens is 1. The Hall–Kier alpha value is -1.63. The number of carbonyl (C=O) groups excluding carboxylic acids is 1. The molecule has 0 N–H and O–H groups in total. The van der Waals surface area contributed by atoms with E-state index in [2.05, 4.69) is 9.82 Å². The molecule has 0 saturated heterocycles. The lowest BCUT2D eigenvalue weighted by atomic mass is 10.2. The fraction of sp³-hybridized carbons (Fsp3) is 0.400. The molecule has 1 aromatic heterocycles. The van der Waals surface area contributed by atoms with Gasteiger partial charge in [-0.1, -0.05) is 6.07 Å². The largest absolute Gasteiger partial charge is 0.433 e. The minimum atomic E-state index is -4.47. The van der Waals surface area contributed by atoms with Crippen LogP contribution in [0.25, 0.3) is 0 Å². The van der Waals surface area contributed by atoms with Gasteiger partial charge in [0.15, 0.2) is 0 Å². The molecule has 0 aliphatic heterocycles. The third-order valence-corrected chi connectivity index (χ3v) is 2.10. The maximum Gasteiger partial charge on any atom is 0.433 e. The lowest BCUT2D eigenvalue weighted by molar-refractivity contribution is -0.167. The smallest absolute Gasteiger partial charge is 0.275 e. The second kappa shape index (κ2) is 5.13. The van der Waals surface area contributed by atoms with Crippen molar-refractivity contribution < 1.29 is 22.8 Å². The molecule has 0 fully saturated rings. The third kappa shape index (κ3) is 3.70. The number of rotatable bonds is 3. The Kier molecular flexibility index (Phi) is 4.06. The van der Waals surface area contributed by atoms with Crippen molar-refractivity contribution in [3.8, 4) is 0 Å². The van der Waals surface area contributed by atoms with E-state index in [0.29, 0.717) is 5.56 Å². The Morgan fingerprint density at radius 2 is 2.12 bits per heavy atom. The van der Waals surface area contributed by atoms with Crippen molar-refractivity contribution in [2.45, 2.75) is 12.6 Å². The molecule has 1 amide bonds. The van der Waals surface area contributed by atoms with Crippen LogP contribution < -0.4 is 0 Å². The maximum absolute atomic E-state index is 12.2. The number of halogens is 3. The van der Waals surface area contributed by atoms with Gasteiger partial charge in [-0.15, -0.1) is 0 Å². The lowest BCUT2D eigenvalue weighted by Crippen LogP contribution is -2.27. The molecule has 0 saturated carbocycles. The van der Waals surface area contributed by atoms with E-state index in [4.69, 9.17) is 0 Å². The van der Waals surface area contributed by atoms with E-state index in [9.17, 15) is 18.0 Å². The highest BCUT2D eigenvalue weighted by molar-refractivity contribution is 5.77. The number of hydrogen-bond donors (Lipinski definition) is 0. The Morgan fingerprint density at radius 1 is 1.47 bits per heavy atom. The number of alkyl halides is 3. The summed E-state index contributed by atoms with van der Waals surface area (Å²) in [6.07, 6.45) is -3.49. The molecule has 0 aliphatic carbocycles. The van der Waals surface area contributed by atoms with Gasteiger partial charge in [-0.05, 0) is 11.6 Å². The zero-order chi connectivity index (χ0) is 13.1. The number of hydrogen-bond acceptors (Lipinski definition) is 3. The Morgan fingerprint density at radius 3 is 2.53 bits per heavy atom. The molecule has 0 spiro atoms. The van der Waals surface area contributed by atoms with Gasteiger partial charge in [-0.2, -0.15) is 13.2 Å². The van der Waals surface area contributed by atoms with Gasteiger partial charge in [0, 0.05) is 13.2 Å². The van der Waals surface area contributed by atoms with Crippen molar-refractivity contribution in [2.24, 2.45) is 0 Å². The standard InChI is InChI=1S/C10H11F3N2O2/c1-15(17-2)9(16)5-7-3-4-8(14-6-7)10(11,12)13/h3-4,6H,5H2,1-2H3. The average Bonchev–Trinajstić information content (AvgIpc) is 2.27. The van der Waals surface area contributed by atoms with Crippen LogP contribution in [-0.2, 0) is 22.2 Å². The molecule has 1 heterocycles. The first kappa shape index (κ1) is 13.4. The average molecular weight is 248 g/mol. The molecule has 0 bridgehead atoms. The minimum Gasteiger partial charge on any atom is -0.275 e. The van der Waals surface area contributed by atoms with Crippen molar-refractivity contribution in [3.63, 3.8) is 0 Å². The zero-order valence-corrected chi connectivity index (χ0v) is 9.28. The van der Waals surface area contributed by atoms with Crippen molar-refractivity contribution in [1.29, 1.82) is 0 Å². The van der Waals surface area contributed by atoms with Crippen LogP contribution in [0.15, 0.2) is 18.3 Å². The molecule has 0 aliphatic rings. The number of pyridine rings is 1. The molecule has 4 nitrogen and oxygen atoms in total. The van der Waals surface area contributed by atoms with Crippen LogP contribution in [0.2, 0.25) is 0 Å². The number of nitrogens with zero attached hydrogens (tertiary/aromatic N) is 2. The minimum absolute atomic E-state index is 0.0600. The second-order valence-corrected chi connectivity index (χ2v) is 3.30. The molecule has 1 rings (SSSR count). The molecule has 0 atom stereocenters. The quantitative estimate of drug-likeness (QED) is 0.764. The SMILES string of the molecule is CON(C)C(=O)Cc1ccc(C(F)(F)F)nc1. The Balaban J connectivity index is 2.73. The zero-order valence-electron chi connectivity index (χ0n) is 9.28. The van der Waals surface area contributed by atoms with Gasteiger partial charge in [0.1, 0.15) is 5.69 Å². The molecule has 7 heteroatoms. The van der Waals surface area contributed by atoms with Crippen LogP contribution in [0.5, 0.6) is 0 Å². The van der Waals surface area contributed by atoms with E-state index in [0.717, 1.165) is 17.3 Å². The highest BCUT2D eigenvalue weighted by Crippen LogP contribution is 2.27. The van der Waals surface area contributed by atoms with E-state index >= 15 is 0 Å². The molecule has 94 valence electrons. The van der Waals surface area contributed by atoms with Crippen molar-refractivity contribution in [2.75, 3.05) is 14.2 Å². The van der Waals surface area contributed by atoms with Crippen LogP contribution in [-0.4, -0.2) is 30.1 Å². The summed E-state index contributed by atoms with van der Waals surface area (Å²) < 4.78 is 36.6. The highest BCUT2D eigenvalue weighted by atomic mass is 19.4. The second-order valence-electron chi connectivity index (χ2n) is 3.30. The number of hydroxylamine groups is 2.